The van der Waals surface area contributed by atoms with Crippen LogP contribution < -0.4 is 5.32 Å². The zero-order valence-electron chi connectivity index (χ0n) is 7.93. The maximum absolute atomic E-state index is 12.1. The zero-order chi connectivity index (χ0) is 11.5. The third-order valence-electron chi connectivity index (χ3n) is 1.66. The Morgan fingerprint density at radius 1 is 1.47 bits per heavy atom. The van der Waals surface area contributed by atoms with Gasteiger partial charge in [0.15, 0.2) is 0 Å². The molecule has 0 bridgehead atoms. The van der Waals surface area contributed by atoms with Gasteiger partial charge in [-0.2, -0.15) is 13.2 Å². The molecular formula is C9H9F3N2O. The van der Waals surface area contributed by atoms with Gasteiger partial charge in [0.25, 0.3) is 0 Å². The first-order chi connectivity index (χ1) is 6.93. The molecule has 0 aromatic carbocycles. The van der Waals surface area contributed by atoms with Crippen LogP contribution in [0.2, 0.25) is 0 Å². The molecule has 15 heavy (non-hydrogen) atoms. The number of hydrogen-bond donors (Lipinski definition) is 1. The summed E-state index contributed by atoms with van der Waals surface area (Å²) in [7, 11) is 0. The van der Waals surface area contributed by atoms with Crippen LogP contribution in [0.25, 0.3) is 0 Å². The monoisotopic (exact) mass is 218 g/mol. The van der Waals surface area contributed by atoms with Crippen molar-refractivity contribution in [1.29, 1.82) is 0 Å². The molecule has 0 fully saturated rings. The van der Waals surface area contributed by atoms with E-state index in [0.717, 1.165) is 12.3 Å². The predicted octanol–water partition coefficient (Wildman–Crippen LogP) is 2.45. The Balaban J connectivity index is 2.77. The molecule has 1 N–H and O–H groups in total. The Bertz CT molecular complexity index is 345. The lowest BCUT2D eigenvalue weighted by Crippen LogP contribution is -2.11. The molecule has 3 nitrogen and oxygen atoms in total. The highest BCUT2D eigenvalue weighted by molar-refractivity contribution is 5.90. The minimum absolute atomic E-state index is 0.259. The fourth-order valence-corrected chi connectivity index (χ4v) is 0.885. The van der Waals surface area contributed by atoms with Crippen LogP contribution in [0.1, 0.15) is 19.0 Å². The largest absolute Gasteiger partial charge is 0.433 e. The van der Waals surface area contributed by atoms with Crippen molar-refractivity contribution in [3.05, 3.63) is 24.0 Å². The first-order valence-electron chi connectivity index (χ1n) is 4.26. The molecule has 0 spiro atoms. The lowest BCUT2D eigenvalue weighted by atomic mass is 10.3. The molecule has 6 heteroatoms. The van der Waals surface area contributed by atoms with Gasteiger partial charge >= 0.3 is 6.18 Å². The van der Waals surface area contributed by atoms with Crippen LogP contribution in [0, 0.1) is 0 Å². The smallest absolute Gasteiger partial charge is 0.325 e. The van der Waals surface area contributed by atoms with Crippen LogP contribution in [0.3, 0.4) is 0 Å². The summed E-state index contributed by atoms with van der Waals surface area (Å²) in [6.07, 6.45) is -3.20. The number of alkyl halides is 3. The summed E-state index contributed by atoms with van der Waals surface area (Å²) >= 11 is 0. The maximum atomic E-state index is 12.1. The Morgan fingerprint density at radius 2 is 2.13 bits per heavy atom. The molecule has 0 aliphatic rings. The van der Waals surface area contributed by atoms with Crippen molar-refractivity contribution >= 4 is 11.6 Å². The quantitative estimate of drug-likeness (QED) is 0.828. The van der Waals surface area contributed by atoms with Crippen molar-refractivity contribution < 1.29 is 18.0 Å². The van der Waals surface area contributed by atoms with Gasteiger partial charge in [-0.1, -0.05) is 6.92 Å². The number of nitrogens with zero attached hydrogens (tertiary/aromatic N) is 1. The van der Waals surface area contributed by atoms with Crippen molar-refractivity contribution in [3.63, 3.8) is 0 Å². The van der Waals surface area contributed by atoms with Gasteiger partial charge in [-0.25, -0.2) is 4.98 Å². The SMILES string of the molecule is CCC(=O)Nc1ccc(C(F)(F)F)nc1. The minimum atomic E-state index is -4.45. The lowest BCUT2D eigenvalue weighted by molar-refractivity contribution is -0.141. The molecule has 0 aliphatic carbocycles. The number of carbonyl (C=O) groups excluding carboxylic acids is 1. The van der Waals surface area contributed by atoms with Gasteiger partial charge in [0.1, 0.15) is 5.69 Å². The molecule has 1 heterocycles. The standard InChI is InChI=1S/C9H9F3N2O/c1-2-8(15)14-6-3-4-7(13-5-6)9(10,11)12/h3-5H,2H2,1H3,(H,14,15). The van der Waals surface area contributed by atoms with E-state index >= 15 is 0 Å². The topological polar surface area (TPSA) is 42.0 Å². The molecular weight excluding hydrogens is 209 g/mol. The number of anilines is 1. The van der Waals surface area contributed by atoms with Gasteiger partial charge in [0.2, 0.25) is 5.91 Å². The van der Waals surface area contributed by atoms with Gasteiger partial charge in [-0.05, 0) is 12.1 Å². The molecule has 0 saturated carbocycles. The summed E-state index contributed by atoms with van der Waals surface area (Å²) in [5.74, 6) is -0.267. The molecule has 0 saturated heterocycles. The highest BCUT2D eigenvalue weighted by Crippen LogP contribution is 2.27. The number of hydrogen-bond acceptors (Lipinski definition) is 2. The third-order valence-corrected chi connectivity index (χ3v) is 1.66. The van der Waals surface area contributed by atoms with E-state index in [9.17, 15) is 18.0 Å². The maximum Gasteiger partial charge on any atom is 0.433 e. The van der Waals surface area contributed by atoms with E-state index in [1.165, 1.54) is 6.07 Å². The number of halogens is 3. The van der Waals surface area contributed by atoms with Crippen molar-refractivity contribution in [2.75, 3.05) is 5.32 Å². The molecule has 1 aromatic heterocycles. The van der Waals surface area contributed by atoms with Crippen LogP contribution in [0.15, 0.2) is 18.3 Å². The molecule has 1 aromatic rings. The van der Waals surface area contributed by atoms with Crippen LogP contribution in [0.5, 0.6) is 0 Å². The first kappa shape index (κ1) is 11.5. The first-order valence-corrected chi connectivity index (χ1v) is 4.26. The summed E-state index contributed by atoms with van der Waals surface area (Å²) < 4.78 is 36.3. The van der Waals surface area contributed by atoms with E-state index in [-0.39, 0.29) is 18.0 Å². The van der Waals surface area contributed by atoms with Crippen molar-refractivity contribution in [2.24, 2.45) is 0 Å². The summed E-state index contributed by atoms with van der Waals surface area (Å²) in [6, 6.07) is 1.99. The molecule has 82 valence electrons. The highest BCUT2D eigenvalue weighted by Gasteiger charge is 2.31. The average molecular weight is 218 g/mol. The van der Waals surface area contributed by atoms with Gasteiger partial charge in [0.05, 0.1) is 11.9 Å². The van der Waals surface area contributed by atoms with Gasteiger partial charge in [0, 0.05) is 6.42 Å². The zero-order valence-corrected chi connectivity index (χ0v) is 7.93. The summed E-state index contributed by atoms with van der Waals surface area (Å²) in [4.78, 5) is 14.1. The average Bonchev–Trinajstić information content (AvgIpc) is 2.17. The van der Waals surface area contributed by atoms with Crippen LogP contribution in [0.4, 0.5) is 18.9 Å². The molecule has 1 rings (SSSR count). The molecule has 0 radical (unpaired) electrons. The van der Waals surface area contributed by atoms with E-state index in [1.54, 1.807) is 6.92 Å². The van der Waals surface area contributed by atoms with Crippen molar-refractivity contribution in [2.45, 2.75) is 19.5 Å². The number of amides is 1. The number of carbonyl (C=O) groups is 1. The number of aromatic nitrogens is 1. The lowest BCUT2D eigenvalue weighted by Gasteiger charge is -2.06. The fourth-order valence-electron chi connectivity index (χ4n) is 0.885. The molecule has 1 amide bonds. The van der Waals surface area contributed by atoms with E-state index < -0.39 is 11.9 Å². The Morgan fingerprint density at radius 3 is 2.53 bits per heavy atom. The second-order valence-electron chi connectivity index (χ2n) is 2.83. The Hall–Kier alpha value is -1.59. The van der Waals surface area contributed by atoms with Gasteiger partial charge in [-0.3, -0.25) is 4.79 Å². The van der Waals surface area contributed by atoms with E-state index in [4.69, 9.17) is 0 Å². The molecule has 0 unspecified atom stereocenters. The van der Waals surface area contributed by atoms with E-state index in [0.29, 0.717) is 0 Å². The second kappa shape index (κ2) is 4.29. The highest BCUT2D eigenvalue weighted by atomic mass is 19.4. The molecule has 0 aliphatic heterocycles. The second-order valence-corrected chi connectivity index (χ2v) is 2.83. The minimum Gasteiger partial charge on any atom is -0.325 e. The molecule has 0 atom stereocenters. The van der Waals surface area contributed by atoms with Crippen LogP contribution >= 0.6 is 0 Å². The van der Waals surface area contributed by atoms with E-state index in [1.807, 2.05) is 0 Å². The van der Waals surface area contributed by atoms with Crippen LogP contribution in [-0.2, 0) is 11.0 Å². The predicted molar refractivity (Wildman–Crippen MR) is 48.2 cm³/mol. The number of pyridine rings is 1. The van der Waals surface area contributed by atoms with E-state index in [2.05, 4.69) is 10.3 Å². The Labute approximate surface area is 84.3 Å². The number of nitrogens with one attached hydrogen (secondary N) is 1. The van der Waals surface area contributed by atoms with Gasteiger partial charge in [-0.15, -0.1) is 0 Å². The van der Waals surface area contributed by atoms with Crippen molar-refractivity contribution in [1.82, 2.24) is 4.98 Å². The Kier molecular flexibility index (Phi) is 3.28. The third kappa shape index (κ3) is 3.23. The van der Waals surface area contributed by atoms with Crippen LogP contribution in [-0.4, -0.2) is 10.9 Å². The number of rotatable bonds is 2. The van der Waals surface area contributed by atoms with Crippen molar-refractivity contribution in [3.8, 4) is 0 Å². The fraction of sp³-hybridized carbons (Fsp3) is 0.333. The summed E-state index contributed by atoms with van der Waals surface area (Å²) in [6.45, 7) is 1.65. The summed E-state index contributed by atoms with van der Waals surface area (Å²) in [5, 5.41) is 2.40. The normalized spacial score (nSPS) is 11.2. The van der Waals surface area contributed by atoms with Gasteiger partial charge < -0.3 is 5.32 Å². The summed E-state index contributed by atoms with van der Waals surface area (Å²) in [5.41, 5.74) is -0.716.